The first-order chi connectivity index (χ1) is 7.42. The van der Waals surface area contributed by atoms with E-state index in [0.717, 1.165) is 10.5 Å². The quantitative estimate of drug-likeness (QED) is 0.805. The van der Waals surface area contributed by atoms with Crippen LogP contribution in [0.3, 0.4) is 0 Å². The van der Waals surface area contributed by atoms with E-state index in [1.807, 2.05) is 0 Å². The zero-order valence-corrected chi connectivity index (χ0v) is 9.57. The molecule has 1 aromatic heterocycles. The Kier molecular flexibility index (Phi) is 4.35. The fourth-order valence-corrected chi connectivity index (χ4v) is 1.94. The van der Waals surface area contributed by atoms with Gasteiger partial charge in [0.1, 0.15) is 6.54 Å². The van der Waals surface area contributed by atoms with Crippen molar-refractivity contribution in [2.45, 2.75) is 26.1 Å². The van der Waals surface area contributed by atoms with Crippen LogP contribution in [-0.2, 0) is 11.3 Å². The molecule has 0 bridgehead atoms. The number of nitrogens with zero attached hydrogens (tertiary/aromatic N) is 1. The van der Waals surface area contributed by atoms with E-state index in [-0.39, 0.29) is 13.0 Å². The van der Waals surface area contributed by atoms with Gasteiger partial charge in [-0.2, -0.15) is 24.5 Å². The third-order valence-electron chi connectivity index (χ3n) is 1.98. The molecular formula is C10H12F3NOS. The van der Waals surface area contributed by atoms with Crippen molar-refractivity contribution in [3.05, 3.63) is 22.4 Å². The van der Waals surface area contributed by atoms with Crippen LogP contribution in [0.5, 0.6) is 0 Å². The van der Waals surface area contributed by atoms with Crippen LogP contribution in [0, 0.1) is 0 Å². The highest BCUT2D eigenvalue weighted by atomic mass is 32.1. The van der Waals surface area contributed by atoms with E-state index in [2.05, 4.69) is 0 Å². The standard InChI is InChI=1S/C10H12F3NOS/c1-2-9(15)14(7-10(11,12)13)5-8-3-4-16-6-8/h3-4,6H,2,5,7H2,1H3. The van der Waals surface area contributed by atoms with Gasteiger partial charge in [-0.05, 0) is 22.4 Å². The first kappa shape index (κ1) is 13.0. The van der Waals surface area contributed by atoms with Gasteiger partial charge in [-0.1, -0.05) is 6.92 Å². The van der Waals surface area contributed by atoms with Crippen molar-refractivity contribution in [1.82, 2.24) is 4.90 Å². The minimum atomic E-state index is -4.35. The maximum atomic E-state index is 12.2. The summed E-state index contributed by atoms with van der Waals surface area (Å²) in [5, 5.41) is 3.52. The molecule has 0 radical (unpaired) electrons. The van der Waals surface area contributed by atoms with Crippen LogP contribution in [0.2, 0.25) is 0 Å². The molecule has 0 spiro atoms. The molecule has 0 unspecified atom stereocenters. The minimum Gasteiger partial charge on any atom is -0.329 e. The molecule has 2 nitrogen and oxygen atoms in total. The van der Waals surface area contributed by atoms with Crippen molar-refractivity contribution < 1.29 is 18.0 Å². The van der Waals surface area contributed by atoms with Crippen molar-refractivity contribution in [2.24, 2.45) is 0 Å². The second kappa shape index (κ2) is 5.34. The highest BCUT2D eigenvalue weighted by Gasteiger charge is 2.32. The average Bonchev–Trinajstić information content (AvgIpc) is 2.66. The number of amides is 1. The van der Waals surface area contributed by atoms with Crippen molar-refractivity contribution >= 4 is 17.2 Å². The van der Waals surface area contributed by atoms with Crippen molar-refractivity contribution in [2.75, 3.05) is 6.54 Å². The zero-order chi connectivity index (χ0) is 12.2. The maximum absolute atomic E-state index is 12.2. The number of rotatable bonds is 4. The summed E-state index contributed by atoms with van der Waals surface area (Å²) in [4.78, 5) is 12.2. The number of alkyl halides is 3. The van der Waals surface area contributed by atoms with Gasteiger partial charge in [-0.15, -0.1) is 0 Å². The van der Waals surface area contributed by atoms with E-state index in [0.29, 0.717) is 0 Å². The van der Waals surface area contributed by atoms with Crippen LogP contribution in [0.15, 0.2) is 16.8 Å². The van der Waals surface area contributed by atoms with E-state index in [4.69, 9.17) is 0 Å². The second-order valence-corrected chi connectivity index (χ2v) is 4.13. The number of hydrogen-bond acceptors (Lipinski definition) is 2. The molecule has 6 heteroatoms. The van der Waals surface area contributed by atoms with Gasteiger partial charge in [-0.25, -0.2) is 0 Å². The summed E-state index contributed by atoms with van der Waals surface area (Å²) in [6, 6.07) is 1.72. The number of carbonyl (C=O) groups excluding carboxylic acids is 1. The minimum absolute atomic E-state index is 0.0235. The molecule has 16 heavy (non-hydrogen) atoms. The third kappa shape index (κ3) is 4.22. The van der Waals surface area contributed by atoms with Gasteiger partial charge in [0.05, 0.1) is 0 Å². The lowest BCUT2D eigenvalue weighted by molar-refractivity contribution is -0.162. The van der Waals surface area contributed by atoms with Crippen LogP contribution >= 0.6 is 11.3 Å². The first-order valence-corrected chi connectivity index (χ1v) is 5.72. The zero-order valence-electron chi connectivity index (χ0n) is 8.75. The Morgan fingerprint density at radius 3 is 2.62 bits per heavy atom. The number of halogens is 3. The Morgan fingerprint density at radius 1 is 1.50 bits per heavy atom. The van der Waals surface area contributed by atoms with Gasteiger partial charge in [0.2, 0.25) is 5.91 Å². The summed E-state index contributed by atoms with van der Waals surface area (Å²) in [7, 11) is 0. The molecule has 90 valence electrons. The molecule has 0 aliphatic rings. The van der Waals surface area contributed by atoms with Gasteiger partial charge in [0, 0.05) is 13.0 Å². The summed E-state index contributed by atoms with van der Waals surface area (Å²) in [5.41, 5.74) is 0.732. The molecule has 0 aromatic carbocycles. The summed E-state index contributed by atoms with van der Waals surface area (Å²) in [6.45, 7) is 0.393. The molecule has 0 N–H and O–H groups in total. The molecule has 0 saturated heterocycles. The van der Waals surface area contributed by atoms with E-state index >= 15 is 0 Å². The lowest BCUT2D eigenvalue weighted by Crippen LogP contribution is -2.37. The van der Waals surface area contributed by atoms with Crippen LogP contribution in [0.25, 0.3) is 0 Å². The summed E-state index contributed by atoms with van der Waals surface area (Å²) in [5.74, 6) is -0.483. The molecule has 1 aromatic rings. The molecule has 1 rings (SSSR count). The molecule has 0 fully saturated rings. The monoisotopic (exact) mass is 251 g/mol. The van der Waals surface area contributed by atoms with E-state index in [1.165, 1.54) is 11.3 Å². The molecular weight excluding hydrogens is 239 g/mol. The van der Waals surface area contributed by atoms with Gasteiger partial charge < -0.3 is 4.90 Å². The van der Waals surface area contributed by atoms with Gasteiger partial charge in [-0.3, -0.25) is 4.79 Å². The number of hydrogen-bond donors (Lipinski definition) is 0. The Morgan fingerprint density at radius 2 is 2.19 bits per heavy atom. The Labute approximate surface area is 95.7 Å². The Balaban J connectivity index is 2.68. The topological polar surface area (TPSA) is 20.3 Å². The molecule has 0 atom stereocenters. The summed E-state index contributed by atoms with van der Waals surface area (Å²) in [6.07, 6.45) is -4.26. The average molecular weight is 251 g/mol. The Hall–Kier alpha value is -1.04. The fourth-order valence-electron chi connectivity index (χ4n) is 1.28. The van der Waals surface area contributed by atoms with Crippen LogP contribution in [0.4, 0.5) is 13.2 Å². The predicted molar refractivity (Wildman–Crippen MR) is 56.1 cm³/mol. The molecule has 0 aliphatic heterocycles. The van der Waals surface area contributed by atoms with E-state index < -0.39 is 18.6 Å². The summed E-state index contributed by atoms with van der Waals surface area (Å²) >= 11 is 1.40. The smallest absolute Gasteiger partial charge is 0.329 e. The second-order valence-electron chi connectivity index (χ2n) is 3.35. The molecule has 0 aliphatic carbocycles. The lowest BCUT2D eigenvalue weighted by atomic mass is 10.3. The largest absolute Gasteiger partial charge is 0.406 e. The molecule has 0 saturated carbocycles. The van der Waals surface area contributed by atoms with Crippen molar-refractivity contribution in [1.29, 1.82) is 0 Å². The van der Waals surface area contributed by atoms with Gasteiger partial charge in [0.25, 0.3) is 0 Å². The lowest BCUT2D eigenvalue weighted by Gasteiger charge is -2.23. The van der Waals surface area contributed by atoms with Gasteiger partial charge >= 0.3 is 6.18 Å². The van der Waals surface area contributed by atoms with Crippen LogP contribution < -0.4 is 0 Å². The van der Waals surface area contributed by atoms with E-state index in [1.54, 1.807) is 23.8 Å². The molecule has 1 amide bonds. The highest BCUT2D eigenvalue weighted by molar-refractivity contribution is 7.07. The van der Waals surface area contributed by atoms with E-state index in [9.17, 15) is 18.0 Å². The fraction of sp³-hybridized carbons (Fsp3) is 0.500. The third-order valence-corrected chi connectivity index (χ3v) is 2.71. The van der Waals surface area contributed by atoms with Crippen LogP contribution in [-0.4, -0.2) is 23.5 Å². The SMILES string of the molecule is CCC(=O)N(Cc1ccsc1)CC(F)(F)F. The predicted octanol–water partition coefficient (Wildman–Crippen LogP) is 3.05. The Bertz CT molecular complexity index is 334. The first-order valence-electron chi connectivity index (χ1n) is 4.78. The highest BCUT2D eigenvalue weighted by Crippen LogP contribution is 2.19. The maximum Gasteiger partial charge on any atom is 0.406 e. The van der Waals surface area contributed by atoms with Crippen molar-refractivity contribution in [3.63, 3.8) is 0 Å². The van der Waals surface area contributed by atoms with Crippen LogP contribution in [0.1, 0.15) is 18.9 Å². The number of carbonyl (C=O) groups is 1. The molecule has 1 heterocycles. The van der Waals surface area contributed by atoms with Gasteiger partial charge in [0.15, 0.2) is 0 Å². The number of thiophene rings is 1. The normalized spacial score (nSPS) is 11.5. The van der Waals surface area contributed by atoms with Crippen molar-refractivity contribution in [3.8, 4) is 0 Å². The summed E-state index contributed by atoms with van der Waals surface area (Å²) < 4.78 is 36.7.